The third-order valence-electron chi connectivity index (χ3n) is 2.32. The normalized spacial score (nSPS) is 10.6. The summed E-state index contributed by atoms with van der Waals surface area (Å²) >= 11 is 6.98. The van der Waals surface area contributed by atoms with Gasteiger partial charge in [-0.3, -0.25) is 4.79 Å². The summed E-state index contributed by atoms with van der Waals surface area (Å²) in [6, 6.07) is 3.95. The number of ketones is 1. The van der Waals surface area contributed by atoms with E-state index in [1.165, 1.54) is 23.5 Å². The molecule has 18 heavy (non-hydrogen) atoms. The number of carbonyl (C=O) groups excluding carboxylic acids is 1. The van der Waals surface area contributed by atoms with Crippen LogP contribution in [-0.4, -0.2) is 17.3 Å². The zero-order valence-electron chi connectivity index (χ0n) is 9.32. The van der Waals surface area contributed by atoms with Crippen molar-refractivity contribution in [1.82, 2.24) is 4.98 Å². The van der Waals surface area contributed by atoms with E-state index in [1.807, 2.05) is 0 Å². The largest absolute Gasteiger partial charge is 0.330 e. The van der Waals surface area contributed by atoms with Crippen LogP contribution in [0.3, 0.4) is 0 Å². The van der Waals surface area contributed by atoms with Crippen molar-refractivity contribution in [3.8, 4) is 0 Å². The summed E-state index contributed by atoms with van der Waals surface area (Å²) in [6.07, 6.45) is 0.612. The molecule has 2 N–H and O–H groups in total. The monoisotopic (exact) mass is 284 g/mol. The maximum absolute atomic E-state index is 13.6. The molecule has 0 spiro atoms. The van der Waals surface area contributed by atoms with E-state index in [9.17, 15) is 9.18 Å². The number of thiazole rings is 1. The van der Waals surface area contributed by atoms with Gasteiger partial charge < -0.3 is 5.73 Å². The molecule has 0 saturated heterocycles. The predicted molar refractivity (Wildman–Crippen MR) is 69.7 cm³/mol. The van der Waals surface area contributed by atoms with Crippen molar-refractivity contribution < 1.29 is 9.18 Å². The van der Waals surface area contributed by atoms with Gasteiger partial charge in [0.05, 0.1) is 10.6 Å². The quantitative estimate of drug-likeness (QED) is 0.878. The fraction of sp³-hybridized carbons (Fsp3) is 0.167. The molecule has 3 nitrogen and oxygen atoms in total. The lowest BCUT2D eigenvalue weighted by Crippen LogP contribution is -2.06. The van der Waals surface area contributed by atoms with Gasteiger partial charge in [0, 0.05) is 16.8 Å². The van der Waals surface area contributed by atoms with E-state index in [0.29, 0.717) is 13.0 Å². The molecule has 0 fully saturated rings. The molecule has 1 aromatic carbocycles. The van der Waals surface area contributed by atoms with Crippen molar-refractivity contribution in [2.45, 2.75) is 6.42 Å². The van der Waals surface area contributed by atoms with Crippen LogP contribution in [0.15, 0.2) is 23.6 Å². The van der Waals surface area contributed by atoms with E-state index >= 15 is 0 Å². The van der Waals surface area contributed by atoms with Gasteiger partial charge in [-0.2, -0.15) is 0 Å². The second kappa shape index (κ2) is 5.56. The molecule has 2 rings (SSSR count). The third-order valence-corrected chi connectivity index (χ3v) is 3.46. The van der Waals surface area contributed by atoms with Crippen LogP contribution in [0.1, 0.15) is 21.1 Å². The van der Waals surface area contributed by atoms with Gasteiger partial charge in [0.15, 0.2) is 0 Å². The maximum Gasteiger partial charge on any atom is 0.215 e. The number of halogens is 2. The number of rotatable bonds is 4. The van der Waals surface area contributed by atoms with Gasteiger partial charge in [0.2, 0.25) is 5.78 Å². The number of aromatic nitrogens is 1. The molecule has 94 valence electrons. The van der Waals surface area contributed by atoms with Crippen LogP contribution in [-0.2, 0) is 6.42 Å². The Labute approximate surface area is 112 Å². The highest BCUT2D eigenvalue weighted by Crippen LogP contribution is 2.19. The predicted octanol–water partition coefficient (Wildman–Crippen LogP) is 2.67. The van der Waals surface area contributed by atoms with E-state index in [-0.39, 0.29) is 16.3 Å². The second-order valence-electron chi connectivity index (χ2n) is 3.62. The van der Waals surface area contributed by atoms with Crippen LogP contribution in [0.25, 0.3) is 0 Å². The molecule has 0 radical (unpaired) electrons. The summed E-state index contributed by atoms with van der Waals surface area (Å²) in [4.78, 5) is 16.2. The van der Waals surface area contributed by atoms with Gasteiger partial charge in [0.1, 0.15) is 11.5 Å². The Morgan fingerprint density at radius 3 is 2.94 bits per heavy atom. The molecule has 0 aliphatic rings. The molecular formula is C12H10ClFN2OS. The van der Waals surface area contributed by atoms with Crippen molar-refractivity contribution in [3.63, 3.8) is 0 Å². The lowest BCUT2D eigenvalue weighted by Gasteiger charge is -2.00. The number of hydrogen-bond acceptors (Lipinski definition) is 4. The molecule has 0 aliphatic heterocycles. The number of nitrogens with zero attached hydrogens (tertiary/aromatic N) is 1. The summed E-state index contributed by atoms with van der Waals surface area (Å²) in [6.45, 7) is 0.469. The Morgan fingerprint density at radius 2 is 2.28 bits per heavy atom. The first-order valence-corrected chi connectivity index (χ1v) is 6.52. The van der Waals surface area contributed by atoms with Crippen molar-refractivity contribution in [2.24, 2.45) is 5.73 Å². The molecule has 0 unspecified atom stereocenters. The first-order chi connectivity index (χ1) is 8.61. The highest BCUT2D eigenvalue weighted by molar-refractivity contribution is 7.09. The first-order valence-electron chi connectivity index (χ1n) is 5.26. The number of benzene rings is 1. The fourth-order valence-corrected chi connectivity index (χ4v) is 2.42. The Hall–Kier alpha value is -1.30. The second-order valence-corrected chi connectivity index (χ2v) is 5.00. The Balaban J connectivity index is 2.29. The number of carbonyl (C=O) groups is 1. The Bertz CT molecular complexity index is 585. The van der Waals surface area contributed by atoms with Gasteiger partial charge in [-0.15, -0.1) is 11.3 Å². The fourth-order valence-electron chi connectivity index (χ4n) is 1.47. The smallest absolute Gasteiger partial charge is 0.215 e. The molecule has 0 aliphatic carbocycles. The summed E-state index contributed by atoms with van der Waals surface area (Å²) in [5.74, 6) is -1.08. The van der Waals surface area contributed by atoms with Crippen molar-refractivity contribution in [3.05, 3.63) is 50.7 Å². The lowest BCUT2D eigenvalue weighted by atomic mass is 10.1. The minimum Gasteiger partial charge on any atom is -0.330 e. The van der Waals surface area contributed by atoms with Gasteiger partial charge in [-0.25, -0.2) is 9.37 Å². The standard InChI is InChI=1S/C12H10ClFN2OS/c13-7-1-2-8(9(14)5-7)12(17)10-6-18-11(16-10)3-4-15/h1-2,5-6H,3-4,15H2. The lowest BCUT2D eigenvalue weighted by molar-refractivity contribution is 0.103. The minimum atomic E-state index is -0.638. The van der Waals surface area contributed by atoms with Crippen LogP contribution < -0.4 is 5.73 Å². The van der Waals surface area contributed by atoms with Crippen LogP contribution in [0.4, 0.5) is 4.39 Å². The van der Waals surface area contributed by atoms with Crippen molar-refractivity contribution in [1.29, 1.82) is 0 Å². The van der Waals surface area contributed by atoms with Gasteiger partial charge in [-0.05, 0) is 24.7 Å². The Morgan fingerprint density at radius 1 is 1.50 bits per heavy atom. The van der Waals surface area contributed by atoms with Crippen LogP contribution in [0, 0.1) is 5.82 Å². The molecule has 1 aromatic heterocycles. The maximum atomic E-state index is 13.6. The topological polar surface area (TPSA) is 56.0 Å². The molecule has 1 heterocycles. The minimum absolute atomic E-state index is 0.0241. The molecule has 0 atom stereocenters. The Kier molecular flexibility index (Phi) is 4.06. The summed E-state index contributed by atoms with van der Waals surface area (Å²) in [5, 5.41) is 2.64. The highest BCUT2D eigenvalue weighted by atomic mass is 35.5. The number of nitrogens with two attached hydrogens (primary N) is 1. The van der Waals surface area contributed by atoms with Crippen LogP contribution in [0.2, 0.25) is 5.02 Å². The average molecular weight is 285 g/mol. The van der Waals surface area contributed by atoms with E-state index in [2.05, 4.69) is 4.98 Å². The summed E-state index contributed by atoms with van der Waals surface area (Å²) < 4.78 is 13.6. The van der Waals surface area contributed by atoms with Crippen LogP contribution >= 0.6 is 22.9 Å². The van der Waals surface area contributed by atoms with Crippen molar-refractivity contribution in [2.75, 3.05) is 6.54 Å². The van der Waals surface area contributed by atoms with E-state index in [1.54, 1.807) is 5.38 Å². The molecule has 0 saturated carbocycles. The molecule has 0 amide bonds. The van der Waals surface area contributed by atoms with Gasteiger partial charge >= 0.3 is 0 Å². The third kappa shape index (κ3) is 2.75. The van der Waals surface area contributed by atoms with Crippen LogP contribution in [0.5, 0.6) is 0 Å². The molecular weight excluding hydrogens is 275 g/mol. The summed E-state index contributed by atoms with van der Waals surface area (Å²) in [5.41, 5.74) is 5.62. The van der Waals surface area contributed by atoms with Gasteiger partial charge in [0.25, 0.3) is 0 Å². The van der Waals surface area contributed by atoms with E-state index in [4.69, 9.17) is 17.3 Å². The summed E-state index contributed by atoms with van der Waals surface area (Å²) in [7, 11) is 0. The van der Waals surface area contributed by atoms with Crippen molar-refractivity contribution >= 4 is 28.7 Å². The average Bonchev–Trinajstić information content (AvgIpc) is 2.77. The SMILES string of the molecule is NCCc1nc(C(=O)c2ccc(Cl)cc2F)cs1. The number of hydrogen-bond donors (Lipinski definition) is 1. The highest BCUT2D eigenvalue weighted by Gasteiger charge is 2.17. The zero-order valence-corrected chi connectivity index (χ0v) is 10.9. The molecule has 6 heteroatoms. The van der Waals surface area contributed by atoms with Gasteiger partial charge in [-0.1, -0.05) is 11.6 Å². The first kappa shape index (κ1) is 13.1. The molecule has 2 aromatic rings. The zero-order chi connectivity index (χ0) is 13.1. The molecule has 0 bridgehead atoms. The van der Waals surface area contributed by atoms with E-state index < -0.39 is 11.6 Å². The van der Waals surface area contributed by atoms with E-state index in [0.717, 1.165) is 11.1 Å².